The number of likely N-dealkylation sites (tertiary alicyclic amines) is 1. The molecule has 138 valence electrons. The number of hydrogen-bond donors (Lipinski definition) is 2. The third kappa shape index (κ3) is 3.92. The summed E-state index contributed by atoms with van der Waals surface area (Å²) in [6, 6.07) is 8.09. The predicted octanol–water partition coefficient (Wildman–Crippen LogP) is 2.69. The second-order valence-electron chi connectivity index (χ2n) is 7.26. The molecule has 26 heavy (non-hydrogen) atoms. The lowest BCUT2D eigenvalue weighted by Gasteiger charge is -2.22. The van der Waals surface area contributed by atoms with Gasteiger partial charge in [-0.1, -0.05) is 23.7 Å². The van der Waals surface area contributed by atoms with E-state index in [4.69, 9.17) is 11.6 Å². The minimum absolute atomic E-state index is 0.0896. The van der Waals surface area contributed by atoms with E-state index in [1.807, 2.05) is 35.1 Å². The first-order valence-corrected chi connectivity index (χ1v) is 9.44. The van der Waals surface area contributed by atoms with Gasteiger partial charge in [0.2, 0.25) is 5.91 Å². The molecule has 0 bridgehead atoms. The molecule has 1 saturated heterocycles. The topological polar surface area (TPSA) is 70.4 Å². The van der Waals surface area contributed by atoms with Gasteiger partial charge < -0.3 is 10.4 Å². The highest BCUT2D eigenvalue weighted by Gasteiger charge is 2.33. The van der Waals surface area contributed by atoms with Gasteiger partial charge in [-0.2, -0.15) is 5.10 Å². The molecule has 2 N–H and O–H groups in total. The molecule has 7 heteroatoms. The van der Waals surface area contributed by atoms with Gasteiger partial charge in [0.05, 0.1) is 24.5 Å². The number of aliphatic hydroxyl groups excluding tert-OH is 1. The van der Waals surface area contributed by atoms with Crippen molar-refractivity contribution in [3.05, 3.63) is 47.2 Å². The van der Waals surface area contributed by atoms with Gasteiger partial charge in [0.1, 0.15) is 0 Å². The normalized spacial score (nSPS) is 23.3. The van der Waals surface area contributed by atoms with E-state index in [1.165, 1.54) is 0 Å². The number of rotatable bonds is 6. The summed E-state index contributed by atoms with van der Waals surface area (Å²) in [5, 5.41) is 17.9. The lowest BCUT2D eigenvalue weighted by atomic mass is 10.1. The van der Waals surface area contributed by atoms with Crippen molar-refractivity contribution in [2.75, 3.05) is 18.5 Å². The van der Waals surface area contributed by atoms with Crippen molar-refractivity contribution in [2.24, 2.45) is 5.92 Å². The SMILES string of the molecule is O=C(Nc1cnn([C@H]2C[C@@H](CO)N(Cc3cccc(Cl)c3)C2)c1)C1CC1. The maximum atomic E-state index is 11.9. The van der Waals surface area contributed by atoms with Crippen LogP contribution in [-0.4, -0.2) is 44.9 Å². The fourth-order valence-corrected chi connectivity index (χ4v) is 3.81. The number of benzene rings is 1. The maximum absolute atomic E-state index is 11.9. The Balaban J connectivity index is 1.41. The van der Waals surface area contributed by atoms with Gasteiger partial charge in [-0.25, -0.2) is 0 Å². The van der Waals surface area contributed by atoms with Gasteiger partial charge in [0.25, 0.3) is 0 Å². The van der Waals surface area contributed by atoms with Crippen molar-refractivity contribution in [1.82, 2.24) is 14.7 Å². The first kappa shape index (κ1) is 17.5. The second-order valence-corrected chi connectivity index (χ2v) is 7.69. The molecule has 1 saturated carbocycles. The summed E-state index contributed by atoms with van der Waals surface area (Å²) in [6.45, 7) is 1.66. The van der Waals surface area contributed by atoms with Crippen LogP contribution < -0.4 is 5.32 Å². The predicted molar refractivity (Wildman–Crippen MR) is 100.0 cm³/mol. The van der Waals surface area contributed by atoms with E-state index in [-0.39, 0.29) is 30.5 Å². The molecule has 0 spiro atoms. The first-order chi connectivity index (χ1) is 12.6. The molecule has 1 aromatic heterocycles. The first-order valence-electron chi connectivity index (χ1n) is 9.07. The van der Waals surface area contributed by atoms with Crippen LogP contribution in [0.2, 0.25) is 5.02 Å². The standard InChI is InChI=1S/C19H23ClN4O2/c20-15-3-1-2-13(6-15)9-23-11-17(7-18(23)12-25)24-10-16(8-21-24)22-19(26)14-4-5-14/h1-3,6,8,10,14,17-18,25H,4-5,7,9,11-12H2,(H,22,26)/t17-,18-/m0/s1. The molecule has 2 atom stereocenters. The average molecular weight is 375 g/mol. The Kier molecular flexibility index (Phi) is 4.98. The average Bonchev–Trinajstić information content (AvgIpc) is 3.25. The third-order valence-corrected chi connectivity index (χ3v) is 5.42. The van der Waals surface area contributed by atoms with E-state index in [9.17, 15) is 9.90 Å². The van der Waals surface area contributed by atoms with Crippen LogP contribution in [0.3, 0.4) is 0 Å². The Morgan fingerprint density at radius 1 is 1.38 bits per heavy atom. The molecule has 1 aromatic carbocycles. The van der Waals surface area contributed by atoms with Crippen molar-refractivity contribution in [1.29, 1.82) is 0 Å². The second kappa shape index (κ2) is 7.39. The Hall–Kier alpha value is -1.89. The Bertz CT molecular complexity index is 789. The fourth-order valence-electron chi connectivity index (χ4n) is 3.59. The Morgan fingerprint density at radius 2 is 2.23 bits per heavy atom. The molecule has 2 aromatic rings. The fraction of sp³-hybridized carbons (Fsp3) is 0.474. The quantitative estimate of drug-likeness (QED) is 0.815. The number of amides is 1. The number of halogens is 1. The van der Waals surface area contributed by atoms with Crippen LogP contribution in [0.4, 0.5) is 5.69 Å². The maximum Gasteiger partial charge on any atom is 0.227 e. The highest BCUT2D eigenvalue weighted by atomic mass is 35.5. The molecule has 0 radical (unpaired) electrons. The van der Waals surface area contributed by atoms with Gasteiger partial charge in [0.15, 0.2) is 0 Å². The molecule has 2 heterocycles. The summed E-state index contributed by atoms with van der Waals surface area (Å²) in [5.41, 5.74) is 1.88. The smallest absolute Gasteiger partial charge is 0.227 e. The zero-order chi connectivity index (χ0) is 18.1. The molecule has 1 aliphatic carbocycles. The number of hydrogen-bond acceptors (Lipinski definition) is 4. The van der Waals surface area contributed by atoms with E-state index < -0.39 is 0 Å². The zero-order valence-electron chi connectivity index (χ0n) is 14.5. The monoisotopic (exact) mass is 374 g/mol. The van der Waals surface area contributed by atoms with Crippen LogP contribution in [0.5, 0.6) is 0 Å². The van der Waals surface area contributed by atoms with Gasteiger partial charge in [0, 0.05) is 36.3 Å². The molecule has 2 aliphatic rings. The molecular weight excluding hydrogens is 352 g/mol. The number of nitrogens with zero attached hydrogens (tertiary/aromatic N) is 3. The third-order valence-electron chi connectivity index (χ3n) is 5.18. The summed E-state index contributed by atoms with van der Waals surface area (Å²) >= 11 is 6.08. The van der Waals surface area contributed by atoms with Crippen LogP contribution >= 0.6 is 11.6 Å². The molecule has 1 aliphatic heterocycles. The van der Waals surface area contributed by atoms with Crippen LogP contribution in [0.1, 0.15) is 30.9 Å². The van der Waals surface area contributed by atoms with Gasteiger partial charge in [-0.05, 0) is 37.0 Å². The van der Waals surface area contributed by atoms with E-state index in [1.54, 1.807) is 6.20 Å². The molecule has 4 rings (SSSR count). The van der Waals surface area contributed by atoms with Crippen molar-refractivity contribution < 1.29 is 9.90 Å². The largest absolute Gasteiger partial charge is 0.395 e. The minimum atomic E-state index is 0.0896. The van der Waals surface area contributed by atoms with E-state index >= 15 is 0 Å². The number of aromatic nitrogens is 2. The number of carbonyl (C=O) groups is 1. The molecule has 6 nitrogen and oxygen atoms in total. The van der Waals surface area contributed by atoms with Crippen LogP contribution in [0.25, 0.3) is 0 Å². The number of nitrogens with one attached hydrogen (secondary N) is 1. The van der Waals surface area contributed by atoms with Crippen molar-refractivity contribution in [3.63, 3.8) is 0 Å². The molecule has 0 unspecified atom stereocenters. The molecule has 1 amide bonds. The van der Waals surface area contributed by atoms with Gasteiger partial charge in [-0.3, -0.25) is 14.4 Å². The van der Waals surface area contributed by atoms with Crippen LogP contribution in [-0.2, 0) is 11.3 Å². The van der Waals surface area contributed by atoms with Gasteiger partial charge in [-0.15, -0.1) is 0 Å². The van der Waals surface area contributed by atoms with Crippen molar-refractivity contribution in [3.8, 4) is 0 Å². The highest BCUT2D eigenvalue weighted by Crippen LogP contribution is 2.31. The van der Waals surface area contributed by atoms with Crippen LogP contribution in [0.15, 0.2) is 36.7 Å². The summed E-state index contributed by atoms with van der Waals surface area (Å²) in [7, 11) is 0. The summed E-state index contributed by atoms with van der Waals surface area (Å²) in [6.07, 6.45) is 6.39. The Labute approximate surface area is 157 Å². The molecule has 2 fully saturated rings. The van der Waals surface area contributed by atoms with Crippen molar-refractivity contribution >= 4 is 23.2 Å². The summed E-state index contributed by atoms with van der Waals surface area (Å²) in [4.78, 5) is 14.2. The van der Waals surface area contributed by atoms with E-state index in [0.29, 0.717) is 0 Å². The van der Waals surface area contributed by atoms with E-state index in [2.05, 4.69) is 15.3 Å². The lowest BCUT2D eigenvalue weighted by Crippen LogP contribution is -2.31. The Morgan fingerprint density at radius 3 is 2.96 bits per heavy atom. The van der Waals surface area contributed by atoms with Crippen molar-refractivity contribution in [2.45, 2.75) is 37.9 Å². The number of carbonyl (C=O) groups excluding carboxylic acids is 1. The zero-order valence-corrected chi connectivity index (χ0v) is 15.3. The highest BCUT2D eigenvalue weighted by molar-refractivity contribution is 6.30. The van der Waals surface area contributed by atoms with Crippen LogP contribution in [0, 0.1) is 5.92 Å². The lowest BCUT2D eigenvalue weighted by molar-refractivity contribution is -0.117. The summed E-state index contributed by atoms with van der Waals surface area (Å²) in [5.74, 6) is 0.267. The summed E-state index contributed by atoms with van der Waals surface area (Å²) < 4.78 is 1.91. The van der Waals surface area contributed by atoms with E-state index in [0.717, 1.165) is 48.6 Å². The number of anilines is 1. The van der Waals surface area contributed by atoms with Gasteiger partial charge >= 0.3 is 0 Å². The minimum Gasteiger partial charge on any atom is -0.395 e. The number of aliphatic hydroxyl groups is 1. The molecular formula is C19H23ClN4O2.